The van der Waals surface area contributed by atoms with E-state index in [-0.39, 0.29) is 55.9 Å². The minimum Gasteiger partial charge on any atom is -0.460 e. The largest absolute Gasteiger partial charge is 0.460 e. The second-order valence-electron chi connectivity index (χ2n) is 18.1. The monoisotopic (exact) mass is 937 g/mol. The van der Waals surface area contributed by atoms with Gasteiger partial charge < -0.3 is 38.8 Å². The summed E-state index contributed by atoms with van der Waals surface area (Å²) in [5, 5.41) is 23.9. The van der Waals surface area contributed by atoms with Crippen molar-refractivity contribution in [3.63, 3.8) is 0 Å². The van der Waals surface area contributed by atoms with Crippen LogP contribution in [0.15, 0.2) is 36.0 Å². The van der Waals surface area contributed by atoms with Crippen molar-refractivity contribution >= 4 is 45.3 Å². The van der Waals surface area contributed by atoms with Gasteiger partial charge in [0, 0.05) is 56.7 Å². The number of likely N-dealkylation sites (tertiary alicyclic amines) is 1. The molecule has 3 aliphatic rings. The molecule has 0 aromatic heterocycles. The van der Waals surface area contributed by atoms with E-state index in [1.165, 1.54) is 12.0 Å². The topological polar surface area (TPSA) is 175 Å². The van der Waals surface area contributed by atoms with Crippen LogP contribution in [0, 0.1) is 29.6 Å². The van der Waals surface area contributed by atoms with Gasteiger partial charge in [-0.25, -0.2) is 4.79 Å². The molecule has 62 heavy (non-hydrogen) atoms. The van der Waals surface area contributed by atoms with Crippen molar-refractivity contribution < 1.29 is 57.9 Å². The fourth-order valence-corrected chi connectivity index (χ4v) is 9.40. The van der Waals surface area contributed by atoms with Crippen molar-refractivity contribution in [2.45, 2.75) is 174 Å². The number of carbonyl (C=O) groups is 5. The lowest BCUT2D eigenvalue weighted by molar-refractivity contribution is -0.258. The molecule has 13 nitrogen and oxygen atoms in total. The normalized spacial score (nSPS) is 28.5. The standard InChI is InChI=1S/C48H76BrNO12/c1-10-16-36(24-31(4)23-30(3)11-2)40(52)28-39(51)34(7)44(32(5)25-35-19-20-41(42(27-35)59-9)61-43(53)18-12-14-21-49)62-47(56)38-17-13-15-22-50(38)46(55)45(54)48(57)33(6)26-37(58-8)29-60-48/h10,24-25,30,33-39,41-42,44,51,57H,1,11-23,26-29H2,2-9H3/b31-24+,32-25+/t30-,33?,34-,35?,36?,37?,38?,39+,41-,42?,44-,48?/m1/s1. The number of ketones is 2. The molecule has 14 heteroatoms. The zero-order valence-electron chi connectivity index (χ0n) is 38.6. The average Bonchev–Trinajstić information content (AvgIpc) is 3.25. The molecule has 2 heterocycles. The molecule has 352 valence electrons. The smallest absolute Gasteiger partial charge is 0.329 e. The molecular weight excluding hydrogens is 862 g/mol. The number of allylic oxidation sites excluding steroid dienone is 4. The van der Waals surface area contributed by atoms with E-state index in [9.17, 15) is 34.2 Å². The van der Waals surface area contributed by atoms with Gasteiger partial charge in [-0.15, -0.1) is 6.58 Å². The van der Waals surface area contributed by atoms with E-state index >= 15 is 0 Å². The van der Waals surface area contributed by atoms with E-state index in [1.807, 2.05) is 26.0 Å². The van der Waals surface area contributed by atoms with E-state index in [4.69, 9.17) is 23.7 Å². The lowest BCUT2D eigenvalue weighted by Gasteiger charge is -2.41. The van der Waals surface area contributed by atoms with Gasteiger partial charge in [0.15, 0.2) is 0 Å². The molecule has 0 radical (unpaired) electrons. The molecule has 3 fully saturated rings. The average molecular weight is 939 g/mol. The Morgan fingerprint density at radius 3 is 2.35 bits per heavy atom. The molecular formula is C48H76BrNO12. The number of nitrogens with zero attached hydrogens (tertiary/aromatic N) is 1. The molecule has 1 aliphatic carbocycles. The highest BCUT2D eigenvalue weighted by Gasteiger charge is 2.52. The maximum atomic E-state index is 14.4. The minimum atomic E-state index is -2.37. The highest BCUT2D eigenvalue weighted by Crippen LogP contribution is 2.35. The van der Waals surface area contributed by atoms with Gasteiger partial charge in [-0.05, 0) is 102 Å². The van der Waals surface area contributed by atoms with Crippen LogP contribution in [-0.4, -0.2) is 120 Å². The van der Waals surface area contributed by atoms with Crippen molar-refractivity contribution in [3.05, 3.63) is 36.0 Å². The summed E-state index contributed by atoms with van der Waals surface area (Å²) < 4.78 is 28.9. The second kappa shape index (κ2) is 26.3. The van der Waals surface area contributed by atoms with E-state index in [1.54, 1.807) is 27.0 Å². The van der Waals surface area contributed by atoms with Crippen LogP contribution in [0.25, 0.3) is 0 Å². The predicted molar refractivity (Wildman–Crippen MR) is 240 cm³/mol. The van der Waals surface area contributed by atoms with Crippen LogP contribution in [0.4, 0.5) is 0 Å². The van der Waals surface area contributed by atoms with E-state index in [0.717, 1.165) is 36.6 Å². The summed E-state index contributed by atoms with van der Waals surface area (Å²) in [6, 6.07) is -1.14. The molecule has 2 N–H and O–H groups in total. The quantitative estimate of drug-likeness (QED) is 0.0324. The first-order valence-corrected chi connectivity index (χ1v) is 24.0. The zero-order chi connectivity index (χ0) is 46.1. The first-order valence-electron chi connectivity index (χ1n) is 22.8. The molecule has 12 atom stereocenters. The summed E-state index contributed by atoms with van der Waals surface area (Å²) in [5.74, 6) is -7.28. The number of rotatable bonds is 24. The maximum Gasteiger partial charge on any atom is 0.329 e. The second-order valence-corrected chi connectivity index (χ2v) is 18.9. The van der Waals surface area contributed by atoms with Gasteiger partial charge in [-0.1, -0.05) is 73.8 Å². The number of carbonyl (C=O) groups excluding carboxylic acids is 5. The highest BCUT2D eigenvalue weighted by molar-refractivity contribution is 9.09. The minimum absolute atomic E-state index is 0.0487. The highest BCUT2D eigenvalue weighted by atomic mass is 79.9. The number of aliphatic hydroxyl groups excluding tert-OH is 1. The number of Topliss-reactive ketones (excluding diaryl/α,β-unsaturated/α-hetero) is 2. The van der Waals surface area contributed by atoms with Gasteiger partial charge in [-0.3, -0.25) is 19.2 Å². The van der Waals surface area contributed by atoms with Crippen LogP contribution in [0.2, 0.25) is 0 Å². The van der Waals surface area contributed by atoms with Crippen molar-refractivity contribution in [2.24, 2.45) is 29.6 Å². The lowest BCUT2D eigenvalue weighted by atomic mass is 9.81. The number of unbranched alkanes of at least 4 members (excludes halogenated alkanes) is 1. The summed E-state index contributed by atoms with van der Waals surface area (Å²) in [5.41, 5.74) is 1.74. The number of hydrogen-bond acceptors (Lipinski definition) is 12. The van der Waals surface area contributed by atoms with Gasteiger partial charge >= 0.3 is 11.9 Å². The fourth-order valence-electron chi connectivity index (χ4n) is 9.01. The molecule has 2 aliphatic heterocycles. The molecule has 0 bridgehead atoms. The Morgan fingerprint density at radius 2 is 1.73 bits per heavy atom. The SMILES string of the molecule is C=CCC(/C=C(\C)C[C@H](C)CC)C(=O)C[C@H](O)[C@@H](C)[C@H](OC(=O)C1CCCCN1C(=O)C(=O)C1(O)OCC(OC)CC1C)/C(C)=C/C1CC[C@@H](OC(=O)CCCCBr)C(OC)C1. The van der Waals surface area contributed by atoms with Crippen LogP contribution in [0.5, 0.6) is 0 Å². The predicted octanol–water partition coefficient (Wildman–Crippen LogP) is 7.38. The van der Waals surface area contributed by atoms with Crippen LogP contribution in [0.3, 0.4) is 0 Å². The number of alkyl halides is 1. The number of esters is 2. The van der Waals surface area contributed by atoms with Crippen LogP contribution in [-0.2, 0) is 47.7 Å². The van der Waals surface area contributed by atoms with Gasteiger partial charge in [0.25, 0.3) is 11.7 Å². The third-order valence-electron chi connectivity index (χ3n) is 13.2. The zero-order valence-corrected chi connectivity index (χ0v) is 40.2. The van der Waals surface area contributed by atoms with Crippen molar-refractivity contribution in [3.8, 4) is 0 Å². The number of ether oxygens (including phenoxy) is 5. The van der Waals surface area contributed by atoms with Crippen molar-refractivity contribution in [1.29, 1.82) is 0 Å². The summed E-state index contributed by atoms with van der Waals surface area (Å²) in [6.07, 6.45) is 9.83. The molecule has 0 aromatic rings. The van der Waals surface area contributed by atoms with Crippen LogP contribution < -0.4 is 0 Å². The molecule has 2 saturated heterocycles. The maximum absolute atomic E-state index is 14.4. The van der Waals surface area contributed by atoms with Gasteiger partial charge in [0.1, 0.15) is 24.0 Å². The fraction of sp³-hybridized carbons (Fsp3) is 0.771. The lowest BCUT2D eigenvalue weighted by Crippen LogP contribution is -2.61. The third kappa shape index (κ3) is 15.2. The number of methoxy groups -OCH3 is 2. The first-order chi connectivity index (χ1) is 29.4. The van der Waals surface area contributed by atoms with Crippen molar-refractivity contribution in [2.75, 3.05) is 32.7 Å². The summed E-state index contributed by atoms with van der Waals surface area (Å²) >= 11 is 3.39. The van der Waals surface area contributed by atoms with Gasteiger partial charge in [0.2, 0.25) is 5.79 Å². The van der Waals surface area contributed by atoms with E-state index < -0.39 is 65.6 Å². The number of hydrogen-bond donors (Lipinski definition) is 2. The Morgan fingerprint density at radius 1 is 1.00 bits per heavy atom. The number of halogens is 1. The summed E-state index contributed by atoms with van der Waals surface area (Å²) in [4.78, 5) is 69.5. The molecule has 0 spiro atoms. The molecule has 1 amide bonds. The van der Waals surface area contributed by atoms with Crippen LogP contribution >= 0.6 is 15.9 Å². The van der Waals surface area contributed by atoms with Gasteiger partial charge in [0.05, 0.1) is 24.9 Å². The Hall–Kier alpha value is -2.75. The van der Waals surface area contributed by atoms with Crippen molar-refractivity contribution in [1.82, 2.24) is 4.90 Å². The Bertz CT molecular complexity index is 1570. The molecule has 1 saturated carbocycles. The number of aliphatic hydroxyl groups is 2. The Labute approximate surface area is 378 Å². The van der Waals surface area contributed by atoms with E-state index in [0.29, 0.717) is 62.9 Å². The molecule has 3 rings (SSSR count). The molecule has 7 unspecified atom stereocenters. The Kier molecular flexibility index (Phi) is 22.7. The number of amides is 1. The first kappa shape index (κ1) is 53.6. The third-order valence-corrected chi connectivity index (χ3v) is 13.7. The van der Waals surface area contributed by atoms with Crippen LogP contribution in [0.1, 0.15) is 131 Å². The summed E-state index contributed by atoms with van der Waals surface area (Å²) in [6.45, 7) is 15.4. The van der Waals surface area contributed by atoms with Gasteiger partial charge in [-0.2, -0.15) is 0 Å². The number of piperidine rings is 1. The molecule has 0 aromatic carbocycles. The Balaban J connectivity index is 1.90. The summed E-state index contributed by atoms with van der Waals surface area (Å²) in [7, 11) is 3.10. The van der Waals surface area contributed by atoms with E-state index in [2.05, 4.69) is 36.4 Å².